The number of nitrogens with two attached hydrogens (primary N) is 1. The van der Waals surface area contributed by atoms with E-state index in [1.807, 2.05) is 18.4 Å². The molecule has 25 heavy (non-hydrogen) atoms. The number of carbonyl (C=O) groups is 1. The molecule has 3 rings (SSSR count). The Morgan fingerprint density at radius 1 is 1.28 bits per heavy atom. The van der Waals surface area contributed by atoms with Crippen LogP contribution in [0.5, 0.6) is 0 Å². The van der Waals surface area contributed by atoms with Crippen molar-refractivity contribution in [2.24, 2.45) is 0 Å². The van der Waals surface area contributed by atoms with Gasteiger partial charge in [-0.1, -0.05) is 6.92 Å². The Labute approximate surface area is 144 Å². The maximum atomic E-state index is 14.6. The molecule has 6 nitrogen and oxygen atoms in total. The van der Waals surface area contributed by atoms with Crippen LogP contribution in [0.4, 0.5) is 10.1 Å². The van der Waals surface area contributed by atoms with E-state index in [-0.39, 0.29) is 23.1 Å². The van der Waals surface area contributed by atoms with Crippen LogP contribution in [-0.2, 0) is 6.54 Å². The molecule has 1 aromatic carbocycles. The van der Waals surface area contributed by atoms with Gasteiger partial charge in [-0.3, -0.25) is 4.79 Å². The van der Waals surface area contributed by atoms with Gasteiger partial charge in [-0.05, 0) is 25.5 Å². The predicted molar refractivity (Wildman–Crippen MR) is 95.6 cm³/mol. The van der Waals surface area contributed by atoms with Crippen LogP contribution in [0.2, 0.25) is 0 Å². The van der Waals surface area contributed by atoms with Gasteiger partial charge in [0.25, 0.3) is 5.91 Å². The largest absolute Gasteiger partial charge is 0.396 e. The molecule has 0 bridgehead atoms. The third-order valence-corrected chi connectivity index (χ3v) is 4.12. The van der Waals surface area contributed by atoms with E-state index in [1.165, 1.54) is 12.3 Å². The Morgan fingerprint density at radius 3 is 2.80 bits per heavy atom. The van der Waals surface area contributed by atoms with Crippen LogP contribution in [0.15, 0.2) is 30.9 Å². The topological polar surface area (TPSA) is 85.8 Å². The number of hydrogen-bond acceptors (Lipinski definition) is 4. The summed E-state index contributed by atoms with van der Waals surface area (Å²) in [4.78, 5) is 20.5. The second-order valence-electron chi connectivity index (χ2n) is 5.72. The maximum absolute atomic E-state index is 14.6. The highest BCUT2D eigenvalue weighted by atomic mass is 19.1. The van der Waals surface area contributed by atoms with Crippen LogP contribution in [-0.4, -0.2) is 27.0 Å². The molecule has 0 saturated heterocycles. The second kappa shape index (κ2) is 6.88. The van der Waals surface area contributed by atoms with E-state index in [1.54, 1.807) is 18.6 Å². The Hall–Kier alpha value is -2.96. The van der Waals surface area contributed by atoms with E-state index < -0.39 is 0 Å². The van der Waals surface area contributed by atoms with Gasteiger partial charge in [-0.25, -0.2) is 14.4 Å². The lowest BCUT2D eigenvalue weighted by molar-refractivity contribution is 0.0950. The van der Waals surface area contributed by atoms with Crippen LogP contribution in [0, 0.1) is 5.82 Å². The van der Waals surface area contributed by atoms with E-state index >= 15 is 0 Å². The molecular formula is C18H20FN5O. The first-order valence-electron chi connectivity index (χ1n) is 8.23. The number of nitrogens with one attached hydrogen (secondary N) is 1. The fourth-order valence-electron chi connectivity index (χ4n) is 2.83. The lowest BCUT2D eigenvalue weighted by atomic mass is 10.0. The zero-order valence-corrected chi connectivity index (χ0v) is 14.2. The van der Waals surface area contributed by atoms with Crippen molar-refractivity contribution in [1.29, 1.82) is 0 Å². The third-order valence-electron chi connectivity index (χ3n) is 4.12. The van der Waals surface area contributed by atoms with Crippen LogP contribution in [0.3, 0.4) is 0 Å². The first kappa shape index (κ1) is 16.9. The molecule has 130 valence electrons. The molecule has 0 aliphatic heterocycles. The number of hydrogen-bond donors (Lipinski definition) is 2. The number of aryl methyl sites for hydroxylation is 1. The lowest BCUT2D eigenvalue weighted by Gasteiger charge is -2.13. The number of nitrogen functional groups attached to an aromatic ring is 1. The van der Waals surface area contributed by atoms with Gasteiger partial charge in [0.1, 0.15) is 5.82 Å². The fourth-order valence-corrected chi connectivity index (χ4v) is 2.83. The van der Waals surface area contributed by atoms with Crippen molar-refractivity contribution in [3.05, 3.63) is 42.4 Å². The maximum Gasteiger partial charge on any atom is 0.272 e. The van der Waals surface area contributed by atoms with Gasteiger partial charge in [0.2, 0.25) is 0 Å². The monoisotopic (exact) mass is 341 g/mol. The van der Waals surface area contributed by atoms with Gasteiger partial charge in [0, 0.05) is 35.6 Å². The molecule has 0 saturated carbocycles. The Kier molecular flexibility index (Phi) is 4.65. The minimum absolute atomic E-state index is 0.155. The normalized spacial score (nSPS) is 11.0. The van der Waals surface area contributed by atoms with Crippen LogP contribution < -0.4 is 11.1 Å². The number of imidazole rings is 1. The molecule has 3 N–H and O–H groups in total. The number of benzene rings is 1. The van der Waals surface area contributed by atoms with Crippen molar-refractivity contribution in [2.45, 2.75) is 26.8 Å². The van der Waals surface area contributed by atoms with Gasteiger partial charge < -0.3 is 15.6 Å². The summed E-state index contributed by atoms with van der Waals surface area (Å²) in [6, 6.07) is 2.93. The van der Waals surface area contributed by atoms with Crippen molar-refractivity contribution >= 4 is 22.4 Å². The van der Waals surface area contributed by atoms with Gasteiger partial charge in [-0.2, -0.15) is 0 Å². The van der Waals surface area contributed by atoms with Gasteiger partial charge in [0.05, 0.1) is 23.9 Å². The molecule has 0 atom stereocenters. The average Bonchev–Trinajstić information content (AvgIpc) is 3.08. The Bertz CT molecular complexity index is 935. The number of carbonyl (C=O) groups excluding carboxylic acids is 1. The summed E-state index contributed by atoms with van der Waals surface area (Å²) < 4.78 is 16.4. The quantitative estimate of drug-likeness (QED) is 0.747. The number of pyridine rings is 1. The molecule has 3 aromatic rings. The van der Waals surface area contributed by atoms with Crippen molar-refractivity contribution < 1.29 is 9.18 Å². The summed E-state index contributed by atoms with van der Waals surface area (Å²) in [6.45, 7) is 5.12. The molecule has 0 aliphatic carbocycles. The zero-order valence-electron chi connectivity index (χ0n) is 14.2. The number of fused-ring (bicyclic) bond motifs is 1. The number of aromatic nitrogens is 3. The highest BCUT2D eigenvalue weighted by Crippen LogP contribution is 2.34. The number of halogens is 1. The van der Waals surface area contributed by atoms with Crippen molar-refractivity contribution in [3.8, 4) is 11.3 Å². The molecule has 2 heterocycles. The lowest BCUT2D eigenvalue weighted by Crippen LogP contribution is -2.26. The minimum Gasteiger partial charge on any atom is -0.396 e. The van der Waals surface area contributed by atoms with Gasteiger partial charge >= 0.3 is 0 Å². The SMILES string of the molecule is CCCNC(=O)c1ncc2c(-c3cncn3CC)c(F)ccc2c1N. The molecule has 0 spiro atoms. The standard InChI is InChI=1S/C18H20FN5O/c1-3-7-22-18(25)17-16(20)11-5-6-13(19)15(12(11)8-23-17)14-9-21-10-24(14)4-2/h5-6,8-10H,3-4,7,20H2,1-2H3,(H,22,25). The molecule has 1 amide bonds. The van der Waals surface area contributed by atoms with E-state index in [9.17, 15) is 9.18 Å². The van der Waals surface area contributed by atoms with Crippen molar-refractivity contribution in [2.75, 3.05) is 12.3 Å². The van der Waals surface area contributed by atoms with Crippen molar-refractivity contribution in [3.63, 3.8) is 0 Å². The van der Waals surface area contributed by atoms with Crippen molar-refractivity contribution in [1.82, 2.24) is 19.9 Å². The Morgan fingerprint density at radius 2 is 2.08 bits per heavy atom. The molecule has 0 unspecified atom stereocenters. The molecular weight excluding hydrogens is 321 g/mol. The van der Waals surface area contributed by atoms with Crippen LogP contribution in [0.1, 0.15) is 30.8 Å². The second-order valence-corrected chi connectivity index (χ2v) is 5.72. The first-order valence-corrected chi connectivity index (χ1v) is 8.23. The first-order chi connectivity index (χ1) is 12.1. The molecule has 0 fully saturated rings. The Balaban J connectivity index is 2.19. The number of rotatable bonds is 5. The minimum atomic E-state index is -0.382. The summed E-state index contributed by atoms with van der Waals surface area (Å²) in [5, 5.41) is 3.91. The molecule has 2 aromatic heterocycles. The number of nitrogens with zero attached hydrogens (tertiary/aromatic N) is 3. The van der Waals surface area contributed by atoms with E-state index in [0.29, 0.717) is 35.1 Å². The summed E-state index contributed by atoms with van der Waals surface area (Å²) in [5.74, 6) is -0.710. The summed E-state index contributed by atoms with van der Waals surface area (Å²) >= 11 is 0. The highest BCUT2D eigenvalue weighted by Gasteiger charge is 2.19. The predicted octanol–water partition coefficient (Wildman–Crippen LogP) is 2.98. The van der Waals surface area contributed by atoms with Gasteiger partial charge in [-0.15, -0.1) is 0 Å². The fraction of sp³-hybridized carbons (Fsp3) is 0.278. The highest BCUT2D eigenvalue weighted by molar-refractivity contribution is 6.09. The summed E-state index contributed by atoms with van der Waals surface area (Å²) in [6.07, 6.45) is 5.57. The third kappa shape index (κ3) is 2.93. The molecule has 0 radical (unpaired) electrons. The van der Waals surface area contributed by atoms with E-state index in [4.69, 9.17) is 5.73 Å². The summed E-state index contributed by atoms with van der Waals surface area (Å²) in [5.41, 5.74) is 7.60. The zero-order chi connectivity index (χ0) is 18.0. The average molecular weight is 341 g/mol. The van der Waals surface area contributed by atoms with E-state index in [0.717, 1.165) is 6.42 Å². The van der Waals surface area contributed by atoms with Gasteiger partial charge in [0.15, 0.2) is 5.69 Å². The number of amides is 1. The van der Waals surface area contributed by atoms with Crippen LogP contribution >= 0.6 is 0 Å². The van der Waals surface area contributed by atoms with E-state index in [2.05, 4.69) is 15.3 Å². The van der Waals surface area contributed by atoms with Crippen LogP contribution in [0.25, 0.3) is 22.0 Å². The number of anilines is 1. The molecule has 7 heteroatoms. The smallest absolute Gasteiger partial charge is 0.272 e. The summed E-state index contributed by atoms with van der Waals surface area (Å²) in [7, 11) is 0. The molecule has 0 aliphatic rings.